The Labute approximate surface area is 147 Å². The number of aryl methyl sites for hydroxylation is 1. The van der Waals surface area contributed by atoms with Crippen LogP contribution in [0.4, 0.5) is 5.69 Å². The molecule has 0 saturated carbocycles. The van der Waals surface area contributed by atoms with E-state index in [-0.39, 0.29) is 6.61 Å². The summed E-state index contributed by atoms with van der Waals surface area (Å²) in [5.41, 5.74) is 6.65. The highest BCUT2D eigenvalue weighted by Gasteiger charge is 2.00. The number of rotatable bonds is 5. The van der Waals surface area contributed by atoms with Crippen LogP contribution in [0.3, 0.4) is 0 Å². The van der Waals surface area contributed by atoms with E-state index < -0.39 is 0 Å². The van der Waals surface area contributed by atoms with Gasteiger partial charge in [-0.3, -0.25) is 5.43 Å². The quantitative estimate of drug-likeness (QED) is 0.495. The van der Waals surface area contributed by atoms with Crippen molar-refractivity contribution in [1.29, 1.82) is 5.26 Å². The van der Waals surface area contributed by atoms with Crippen molar-refractivity contribution < 1.29 is 4.74 Å². The van der Waals surface area contributed by atoms with Crippen molar-refractivity contribution in [3.8, 4) is 11.8 Å². The second kappa shape index (κ2) is 8.65. The van der Waals surface area contributed by atoms with Crippen LogP contribution in [0.2, 0.25) is 0 Å². The van der Waals surface area contributed by atoms with E-state index in [1.54, 1.807) is 12.1 Å². The van der Waals surface area contributed by atoms with E-state index in [4.69, 9.17) is 22.2 Å². The molecule has 0 heterocycles. The molecule has 0 unspecified atom stereocenters. The largest absolute Gasteiger partial charge is 0.479 e. The number of nitrogens with zero attached hydrogens (tertiary/aromatic N) is 2. The maximum atomic E-state index is 8.49. The fourth-order valence-electron chi connectivity index (χ4n) is 1.90. The molecule has 24 heavy (non-hydrogen) atoms. The molecule has 5 nitrogen and oxygen atoms in total. The van der Waals surface area contributed by atoms with Crippen molar-refractivity contribution >= 4 is 28.7 Å². The standard InChI is InChI=1S/C18H18N4OS/c1-13-3-7-16(8-4-13)20-18(24)22-21-14(2)15-5-9-17(10-6-15)23-12-11-19/h3-10H,12H2,1-2H3,(H2,20,22,24)/b21-14-. The van der Waals surface area contributed by atoms with Crippen LogP contribution in [0, 0.1) is 18.3 Å². The van der Waals surface area contributed by atoms with Gasteiger partial charge in [-0.25, -0.2) is 0 Å². The summed E-state index contributed by atoms with van der Waals surface area (Å²) in [6.45, 7) is 3.95. The summed E-state index contributed by atoms with van der Waals surface area (Å²) in [7, 11) is 0. The first-order chi connectivity index (χ1) is 11.6. The van der Waals surface area contributed by atoms with Gasteiger partial charge >= 0.3 is 0 Å². The Balaban J connectivity index is 1.91. The predicted molar refractivity (Wildman–Crippen MR) is 100 cm³/mol. The first kappa shape index (κ1) is 17.4. The van der Waals surface area contributed by atoms with E-state index >= 15 is 0 Å². The summed E-state index contributed by atoms with van der Waals surface area (Å²) in [5.74, 6) is 0.651. The number of nitrogens with one attached hydrogen (secondary N) is 2. The number of nitriles is 1. The minimum absolute atomic E-state index is 0.0346. The predicted octanol–water partition coefficient (Wildman–Crippen LogP) is 3.61. The van der Waals surface area contributed by atoms with Crippen molar-refractivity contribution in [2.75, 3.05) is 11.9 Å². The molecule has 0 aliphatic rings. The second-order valence-corrected chi connectivity index (χ2v) is 5.51. The van der Waals surface area contributed by atoms with Crippen molar-refractivity contribution in [1.82, 2.24) is 5.43 Å². The van der Waals surface area contributed by atoms with Crippen LogP contribution in [0.5, 0.6) is 5.75 Å². The number of anilines is 1. The van der Waals surface area contributed by atoms with E-state index in [9.17, 15) is 0 Å². The Kier molecular flexibility index (Phi) is 6.29. The zero-order chi connectivity index (χ0) is 17.4. The summed E-state index contributed by atoms with van der Waals surface area (Å²) in [5, 5.41) is 16.3. The zero-order valence-electron chi connectivity index (χ0n) is 13.5. The smallest absolute Gasteiger partial charge is 0.191 e. The van der Waals surface area contributed by atoms with Gasteiger partial charge in [-0.05, 0) is 68.0 Å². The molecule has 0 fully saturated rings. The lowest BCUT2D eigenvalue weighted by atomic mass is 10.1. The Morgan fingerprint density at radius 3 is 2.46 bits per heavy atom. The summed E-state index contributed by atoms with van der Waals surface area (Å²) in [6.07, 6.45) is 0. The first-order valence-electron chi connectivity index (χ1n) is 7.36. The van der Waals surface area contributed by atoms with E-state index in [0.29, 0.717) is 10.9 Å². The molecule has 6 heteroatoms. The average molecular weight is 338 g/mol. The van der Waals surface area contributed by atoms with Gasteiger partial charge in [0.2, 0.25) is 0 Å². The Bertz CT molecular complexity index is 761. The van der Waals surface area contributed by atoms with Crippen molar-refractivity contribution in [3.63, 3.8) is 0 Å². The lowest BCUT2D eigenvalue weighted by Crippen LogP contribution is -2.24. The normalized spacial score (nSPS) is 10.6. The third-order valence-corrected chi connectivity index (χ3v) is 3.40. The lowest BCUT2D eigenvalue weighted by Gasteiger charge is -2.08. The van der Waals surface area contributed by atoms with Gasteiger partial charge < -0.3 is 10.1 Å². The topological polar surface area (TPSA) is 69.4 Å². The summed E-state index contributed by atoms with van der Waals surface area (Å²) in [6, 6.07) is 17.2. The number of ether oxygens (including phenoxy) is 1. The van der Waals surface area contributed by atoms with Gasteiger partial charge in [0.25, 0.3) is 0 Å². The molecule has 2 aromatic carbocycles. The molecule has 0 amide bonds. The molecule has 0 saturated heterocycles. The molecule has 0 aromatic heterocycles. The van der Waals surface area contributed by atoms with E-state index in [1.807, 2.05) is 56.3 Å². The number of thiocarbonyl (C=S) groups is 1. The molecule has 0 bridgehead atoms. The van der Waals surface area contributed by atoms with Gasteiger partial charge in [0.1, 0.15) is 11.8 Å². The lowest BCUT2D eigenvalue weighted by molar-refractivity contribution is 0.368. The Morgan fingerprint density at radius 1 is 1.17 bits per heavy atom. The third kappa shape index (κ3) is 5.38. The highest BCUT2D eigenvalue weighted by molar-refractivity contribution is 7.80. The van der Waals surface area contributed by atoms with Gasteiger partial charge in [0.15, 0.2) is 11.7 Å². The number of hydrogen-bond donors (Lipinski definition) is 2. The Hall–Kier alpha value is -2.91. The fraction of sp³-hybridized carbons (Fsp3) is 0.167. The number of hydrogen-bond acceptors (Lipinski definition) is 4. The number of hydrazone groups is 1. The minimum atomic E-state index is 0.0346. The van der Waals surface area contributed by atoms with Crippen molar-refractivity contribution in [3.05, 3.63) is 59.7 Å². The molecular formula is C18H18N4OS. The van der Waals surface area contributed by atoms with Crippen molar-refractivity contribution in [2.24, 2.45) is 5.10 Å². The minimum Gasteiger partial charge on any atom is -0.479 e. The van der Waals surface area contributed by atoms with Crippen LogP contribution >= 0.6 is 12.2 Å². The van der Waals surface area contributed by atoms with Gasteiger partial charge in [-0.1, -0.05) is 17.7 Å². The number of benzene rings is 2. The van der Waals surface area contributed by atoms with Gasteiger partial charge in [-0.2, -0.15) is 10.4 Å². The monoisotopic (exact) mass is 338 g/mol. The molecule has 2 aromatic rings. The highest BCUT2D eigenvalue weighted by Crippen LogP contribution is 2.12. The Morgan fingerprint density at radius 2 is 1.83 bits per heavy atom. The molecule has 0 spiro atoms. The van der Waals surface area contributed by atoms with Gasteiger partial charge in [0, 0.05) is 5.69 Å². The maximum Gasteiger partial charge on any atom is 0.191 e. The van der Waals surface area contributed by atoms with Gasteiger partial charge in [0.05, 0.1) is 5.71 Å². The molecule has 0 radical (unpaired) electrons. The summed E-state index contributed by atoms with van der Waals surface area (Å²) < 4.78 is 5.22. The molecule has 2 rings (SSSR count). The average Bonchev–Trinajstić information content (AvgIpc) is 2.60. The van der Waals surface area contributed by atoms with E-state index in [0.717, 1.165) is 17.0 Å². The summed E-state index contributed by atoms with van der Waals surface area (Å²) >= 11 is 5.23. The fourth-order valence-corrected chi connectivity index (χ4v) is 2.07. The molecule has 2 N–H and O–H groups in total. The SMILES string of the molecule is C/C(=N/NC(=S)Nc1ccc(C)cc1)c1ccc(OCC#N)cc1. The molecule has 122 valence electrons. The van der Waals surface area contributed by atoms with Crippen LogP contribution in [0.15, 0.2) is 53.6 Å². The van der Waals surface area contributed by atoms with Crippen LogP contribution in [-0.2, 0) is 0 Å². The summed E-state index contributed by atoms with van der Waals surface area (Å²) in [4.78, 5) is 0. The molecular weight excluding hydrogens is 320 g/mol. The maximum absolute atomic E-state index is 8.49. The van der Waals surface area contributed by atoms with Crippen molar-refractivity contribution in [2.45, 2.75) is 13.8 Å². The second-order valence-electron chi connectivity index (χ2n) is 5.10. The molecule has 0 atom stereocenters. The molecule has 0 aliphatic carbocycles. The van der Waals surface area contributed by atoms with Crippen LogP contribution < -0.4 is 15.5 Å². The van der Waals surface area contributed by atoms with Crippen LogP contribution in [0.25, 0.3) is 0 Å². The third-order valence-electron chi connectivity index (χ3n) is 3.21. The van der Waals surface area contributed by atoms with E-state index in [2.05, 4.69) is 15.8 Å². The van der Waals surface area contributed by atoms with Crippen LogP contribution in [-0.4, -0.2) is 17.4 Å². The zero-order valence-corrected chi connectivity index (χ0v) is 14.4. The van der Waals surface area contributed by atoms with Crippen LogP contribution in [0.1, 0.15) is 18.1 Å². The first-order valence-corrected chi connectivity index (χ1v) is 7.77. The molecule has 0 aliphatic heterocycles. The highest BCUT2D eigenvalue weighted by atomic mass is 32.1. The van der Waals surface area contributed by atoms with Gasteiger partial charge in [-0.15, -0.1) is 0 Å². The van der Waals surface area contributed by atoms with E-state index in [1.165, 1.54) is 5.56 Å².